The van der Waals surface area contributed by atoms with Crippen LogP contribution in [-0.2, 0) is 25.7 Å². The van der Waals surface area contributed by atoms with Crippen LogP contribution in [0.15, 0.2) is 48.8 Å². The third-order valence-electron chi connectivity index (χ3n) is 5.90. The van der Waals surface area contributed by atoms with E-state index in [1.807, 2.05) is 36.7 Å². The van der Waals surface area contributed by atoms with Gasteiger partial charge in [0.1, 0.15) is 5.75 Å². The van der Waals surface area contributed by atoms with Gasteiger partial charge in [-0.2, -0.15) is 13.6 Å². The summed E-state index contributed by atoms with van der Waals surface area (Å²) >= 11 is 0. The van der Waals surface area contributed by atoms with Gasteiger partial charge in [-0.25, -0.2) is 0 Å². The van der Waals surface area contributed by atoms with Crippen molar-refractivity contribution in [3.05, 3.63) is 54.4 Å². The van der Waals surface area contributed by atoms with Gasteiger partial charge in [-0.3, -0.25) is 9.78 Å². The number of unbranched alkanes of at least 4 members (excludes halogenated alkanes) is 1. The van der Waals surface area contributed by atoms with E-state index in [1.165, 1.54) is 31.4 Å². The Morgan fingerprint density at radius 2 is 1.73 bits per heavy atom. The van der Waals surface area contributed by atoms with E-state index >= 15 is 0 Å². The minimum Gasteiger partial charge on any atom is -0.494 e. The third kappa shape index (κ3) is 9.39. The van der Waals surface area contributed by atoms with Crippen LogP contribution in [0.2, 0.25) is 0 Å². The van der Waals surface area contributed by atoms with Gasteiger partial charge in [-0.05, 0) is 74.3 Å². The highest BCUT2D eigenvalue weighted by atomic mass is 32.2. The Bertz CT molecular complexity index is 959. The summed E-state index contributed by atoms with van der Waals surface area (Å²) in [5.74, 6) is 0.791. The Hall–Kier alpha value is -2.65. The molecule has 1 aromatic carbocycles. The minimum absolute atomic E-state index is 0.00254. The first-order valence-electron chi connectivity index (χ1n) is 11.5. The molecule has 8 nitrogen and oxygen atoms in total. The second-order valence-corrected chi connectivity index (χ2v) is 9.58. The van der Waals surface area contributed by atoms with E-state index in [0.29, 0.717) is 19.4 Å². The molecule has 0 aliphatic carbocycles. The molecule has 1 aliphatic heterocycles. The number of aryl methyl sites for hydroxylation is 1. The van der Waals surface area contributed by atoms with E-state index in [1.54, 1.807) is 0 Å². The number of ether oxygens (including phenoxy) is 1. The topological polar surface area (TPSA) is 112 Å². The van der Waals surface area contributed by atoms with Crippen molar-refractivity contribution in [2.75, 3.05) is 24.6 Å². The molecule has 0 saturated carbocycles. The van der Waals surface area contributed by atoms with Crippen LogP contribution in [0.5, 0.6) is 5.75 Å². The van der Waals surface area contributed by atoms with Crippen molar-refractivity contribution in [2.45, 2.75) is 51.4 Å². The quantitative estimate of drug-likeness (QED) is 0.467. The molecule has 0 radical (unpaired) electrons. The van der Waals surface area contributed by atoms with Crippen LogP contribution < -0.4 is 14.8 Å². The smallest absolute Gasteiger partial charge is 0.382 e. The number of hydrogen-bond acceptors (Lipinski definition) is 7. The van der Waals surface area contributed by atoms with Crippen molar-refractivity contribution < 1.29 is 22.1 Å². The number of rotatable bonds is 12. The van der Waals surface area contributed by atoms with Crippen molar-refractivity contribution >= 4 is 22.0 Å². The molecule has 2 aromatic rings. The maximum Gasteiger partial charge on any atom is 0.382 e. The van der Waals surface area contributed by atoms with Crippen molar-refractivity contribution in [2.24, 2.45) is 11.1 Å². The van der Waals surface area contributed by atoms with Crippen LogP contribution in [-0.4, -0.2) is 39.1 Å². The maximum atomic E-state index is 11.3. The fraction of sp³-hybridized carbons (Fsp3) is 0.500. The molecule has 1 aliphatic rings. The highest BCUT2D eigenvalue weighted by molar-refractivity contribution is 7.84. The van der Waals surface area contributed by atoms with Gasteiger partial charge in [-0.1, -0.05) is 18.6 Å². The zero-order valence-corrected chi connectivity index (χ0v) is 19.7. The first kappa shape index (κ1) is 25.0. The Morgan fingerprint density at radius 1 is 1.03 bits per heavy atom. The SMILES string of the molecule is NS(=O)(=O)OC(=O)CCCc1ccc(OCCCCC2CCN(c3ccncc3)CC2)cc1. The largest absolute Gasteiger partial charge is 0.494 e. The lowest BCUT2D eigenvalue weighted by atomic mass is 9.91. The number of anilines is 1. The van der Waals surface area contributed by atoms with Crippen LogP contribution in [0, 0.1) is 5.92 Å². The number of benzene rings is 1. The summed E-state index contributed by atoms with van der Waals surface area (Å²) in [4.78, 5) is 17.9. The number of nitrogens with two attached hydrogens (primary N) is 1. The highest BCUT2D eigenvalue weighted by Crippen LogP contribution is 2.26. The average molecular weight is 476 g/mol. The molecule has 0 spiro atoms. The molecule has 33 heavy (non-hydrogen) atoms. The molecule has 3 rings (SSSR count). The summed E-state index contributed by atoms with van der Waals surface area (Å²) in [5.41, 5.74) is 2.32. The van der Waals surface area contributed by atoms with Gasteiger partial charge in [0.2, 0.25) is 0 Å². The van der Waals surface area contributed by atoms with E-state index in [4.69, 9.17) is 4.74 Å². The van der Waals surface area contributed by atoms with Gasteiger partial charge in [0.05, 0.1) is 6.61 Å². The molecule has 0 amide bonds. The molecule has 1 aromatic heterocycles. The molecule has 0 atom stereocenters. The van der Waals surface area contributed by atoms with Crippen LogP contribution in [0.4, 0.5) is 5.69 Å². The first-order chi connectivity index (χ1) is 15.9. The maximum absolute atomic E-state index is 11.3. The first-order valence-corrected chi connectivity index (χ1v) is 13.0. The Kier molecular flexibility index (Phi) is 9.50. The summed E-state index contributed by atoms with van der Waals surface area (Å²) in [7, 11) is -4.23. The number of carbonyl (C=O) groups excluding carboxylic acids is 1. The summed E-state index contributed by atoms with van der Waals surface area (Å²) in [5, 5.41) is 4.67. The van der Waals surface area contributed by atoms with Gasteiger partial charge in [0, 0.05) is 37.6 Å². The minimum atomic E-state index is -4.23. The molecule has 1 fully saturated rings. The van der Waals surface area contributed by atoms with Crippen LogP contribution >= 0.6 is 0 Å². The normalized spacial score (nSPS) is 14.8. The Balaban J connectivity index is 1.24. The van der Waals surface area contributed by atoms with Gasteiger partial charge < -0.3 is 13.8 Å². The standard InChI is InChI=1S/C24H33N3O5S/c25-33(29,30)32-24(28)6-3-5-20-7-9-23(10-8-20)31-19-2-1-4-21-13-17-27(18-14-21)22-11-15-26-16-12-22/h7-12,15-16,21H,1-6,13-14,17-19H2,(H2,25,29,30). The lowest BCUT2D eigenvalue weighted by Crippen LogP contribution is -2.33. The zero-order valence-electron chi connectivity index (χ0n) is 18.9. The number of hydrogen-bond donors (Lipinski definition) is 1. The van der Waals surface area contributed by atoms with E-state index in [0.717, 1.165) is 36.7 Å². The summed E-state index contributed by atoms with van der Waals surface area (Å²) in [6.07, 6.45) is 10.8. The van der Waals surface area contributed by atoms with Crippen molar-refractivity contribution in [1.29, 1.82) is 0 Å². The number of piperidine rings is 1. The molecule has 180 valence electrons. The highest BCUT2D eigenvalue weighted by Gasteiger charge is 2.19. The predicted octanol–water partition coefficient (Wildman–Crippen LogP) is 3.62. The van der Waals surface area contributed by atoms with E-state index < -0.39 is 16.3 Å². The van der Waals surface area contributed by atoms with Crippen LogP contribution in [0.25, 0.3) is 0 Å². The zero-order chi connectivity index (χ0) is 23.5. The second kappa shape index (κ2) is 12.6. The number of aromatic nitrogens is 1. The monoisotopic (exact) mass is 475 g/mol. The van der Waals surface area contributed by atoms with Gasteiger partial charge >= 0.3 is 16.3 Å². The molecular weight excluding hydrogens is 442 g/mol. The van der Waals surface area contributed by atoms with Crippen LogP contribution in [0.1, 0.15) is 50.5 Å². The summed E-state index contributed by atoms with van der Waals surface area (Å²) in [6.45, 7) is 2.93. The Labute approximate surface area is 196 Å². The molecule has 0 bridgehead atoms. The number of carbonyl (C=O) groups is 1. The van der Waals surface area contributed by atoms with Crippen LogP contribution in [0.3, 0.4) is 0 Å². The molecule has 0 unspecified atom stereocenters. The van der Waals surface area contributed by atoms with Gasteiger partial charge in [0.15, 0.2) is 0 Å². The molecule has 9 heteroatoms. The van der Waals surface area contributed by atoms with Crippen molar-refractivity contribution in [3.63, 3.8) is 0 Å². The number of pyridine rings is 1. The van der Waals surface area contributed by atoms with E-state index in [2.05, 4.69) is 31.3 Å². The van der Waals surface area contributed by atoms with E-state index in [-0.39, 0.29) is 6.42 Å². The molecule has 2 N–H and O–H groups in total. The molecule has 1 saturated heterocycles. The van der Waals surface area contributed by atoms with Crippen molar-refractivity contribution in [3.8, 4) is 5.75 Å². The fourth-order valence-corrected chi connectivity index (χ4v) is 4.46. The molecular formula is C24H33N3O5S. The Morgan fingerprint density at radius 3 is 2.39 bits per heavy atom. The third-order valence-corrected chi connectivity index (χ3v) is 6.31. The number of nitrogens with zero attached hydrogens (tertiary/aromatic N) is 2. The second-order valence-electron chi connectivity index (χ2n) is 8.43. The summed E-state index contributed by atoms with van der Waals surface area (Å²) < 4.78 is 31.4. The lowest BCUT2D eigenvalue weighted by molar-refractivity contribution is -0.133. The fourth-order valence-electron chi connectivity index (χ4n) is 4.12. The average Bonchev–Trinajstić information content (AvgIpc) is 2.80. The van der Waals surface area contributed by atoms with Crippen molar-refractivity contribution in [1.82, 2.24) is 4.98 Å². The van der Waals surface area contributed by atoms with Gasteiger partial charge in [0.25, 0.3) is 0 Å². The lowest BCUT2D eigenvalue weighted by Gasteiger charge is -2.33. The predicted molar refractivity (Wildman–Crippen MR) is 127 cm³/mol. The molecule has 2 heterocycles. The van der Waals surface area contributed by atoms with E-state index in [9.17, 15) is 13.2 Å². The van der Waals surface area contributed by atoms with Gasteiger partial charge in [-0.15, -0.1) is 0 Å². The summed E-state index contributed by atoms with van der Waals surface area (Å²) in [6, 6.07) is 11.9.